The van der Waals surface area contributed by atoms with Crippen molar-refractivity contribution in [2.24, 2.45) is 0 Å². The molecule has 0 bridgehead atoms. The number of anilines is 1. The highest BCUT2D eigenvalue weighted by Gasteiger charge is 2.32. The molecule has 9 nitrogen and oxygen atoms in total. The summed E-state index contributed by atoms with van der Waals surface area (Å²) in [6, 6.07) is 11.8. The molecule has 3 rings (SSSR count). The summed E-state index contributed by atoms with van der Waals surface area (Å²) in [7, 11) is -2.51. The fraction of sp³-hybridized carbons (Fsp3) is 0.286. The number of amides is 3. The van der Waals surface area contributed by atoms with Crippen molar-refractivity contribution < 1.29 is 27.5 Å². The van der Waals surface area contributed by atoms with Gasteiger partial charge in [-0.2, -0.15) is 0 Å². The molecule has 2 aromatic rings. The molecule has 0 radical (unpaired) electrons. The number of rotatable bonds is 6. The first-order chi connectivity index (χ1) is 14.6. The number of urea groups is 1. The molecule has 0 saturated carbocycles. The summed E-state index contributed by atoms with van der Waals surface area (Å²) < 4.78 is 32.3. The van der Waals surface area contributed by atoms with Crippen LogP contribution in [0.2, 0.25) is 0 Å². The molecular weight excluding hydrogens is 422 g/mol. The van der Waals surface area contributed by atoms with Crippen molar-refractivity contribution in [2.75, 3.05) is 24.4 Å². The third kappa shape index (κ3) is 4.69. The minimum absolute atomic E-state index is 0.0242. The average molecular weight is 445 g/mol. The molecule has 3 amide bonds. The lowest BCUT2D eigenvalue weighted by atomic mass is 10.2. The van der Waals surface area contributed by atoms with Gasteiger partial charge in [-0.1, -0.05) is 23.8 Å². The highest BCUT2D eigenvalue weighted by atomic mass is 32.2. The molecule has 10 heteroatoms. The number of esters is 1. The zero-order chi connectivity index (χ0) is 22.8. The number of ether oxygens (including phenoxy) is 1. The molecule has 164 valence electrons. The Bertz CT molecular complexity index is 1110. The fourth-order valence-corrected chi connectivity index (χ4v) is 4.26. The van der Waals surface area contributed by atoms with Crippen LogP contribution in [0.15, 0.2) is 53.4 Å². The number of hydrogen-bond acceptors (Lipinski definition) is 6. The standard InChI is InChI=1S/C21H23N3O6S/c1-14-7-9-17(10-8-14)23(3)31(28,29)18-6-4-5-16(13-18)20(26)30-15(2)19(25)24-12-11-22-21(24)27/h4-10,13,15H,11-12H2,1-3H3,(H,22,27). The second kappa shape index (κ2) is 8.76. The van der Waals surface area contributed by atoms with Gasteiger partial charge in [0.2, 0.25) is 0 Å². The topological polar surface area (TPSA) is 113 Å². The third-order valence-corrected chi connectivity index (χ3v) is 6.66. The van der Waals surface area contributed by atoms with E-state index in [4.69, 9.17) is 4.74 Å². The molecule has 0 spiro atoms. The Balaban J connectivity index is 1.77. The van der Waals surface area contributed by atoms with Gasteiger partial charge in [0.05, 0.1) is 16.1 Å². The Morgan fingerprint density at radius 2 is 1.84 bits per heavy atom. The molecule has 1 N–H and O–H groups in total. The van der Waals surface area contributed by atoms with Crippen LogP contribution in [-0.4, -0.2) is 57.5 Å². The van der Waals surface area contributed by atoms with Crippen molar-refractivity contribution in [3.8, 4) is 0 Å². The van der Waals surface area contributed by atoms with Gasteiger partial charge in [0, 0.05) is 20.1 Å². The maximum Gasteiger partial charge on any atom is 0.338 e. The number of carbonyl (C=O) groups excluding carboxylic acids is 3. The van der Waals surface area contributed by atoms with Gasteiger partial charge in [0.1, 0.15) is 0 Å². The lowest BCUT2D eigenvalue weighted by Crippen LogP contribution is -2.41. The number of imide groups is 1. The summed E-state index contributed by atoms with van der Waals surface area (Å²) in [5.41, 5.74) is 1.44. The quantitative estimate of drug-likeness (QED) is 0.680. The van der Waals surface area contributed by atoms with E-state index in [1.165, 1.54) is 38.2 Å². The molecule has 1 heterocycles. The summed E-state index contributed by atoms with van der Waals surface area (Å²) in [5, 5.41) is 2.50. The van der Waals surface area contributed by atoms with Crippen LogP contribution in [0, 0.1) is 6.92 Å². The smallest absolute Gasteiger partial charge is 0.338 e. The molecule has 0 aliphatic carbocycles. The van der Waals surface area contributed by atoms with Crippen LogP contribution in [0.1, 0.15) is 22.8 Å². The minimum atomic E-state index is -3.93. The maximum atomic E-state index is 13.0. The number of nitrogens with one attached hydrogen (secondary N) is 1. The highest BCUT2D eigenvalue weighted by molar-refractivity contribution is 7.92. The van der Waals surface area contributed by atoms with Gasteiger partial charge in [0.15, 0.2) is 6.10 Å². The number of carbonyl (C=O) groups is 3. The Labute approximate surface area is 180 Å². The van der Waals surface area contributed by atoms with Gasteiger partial charge in [-0.3, -0.25) is 14.0 Å². The Kier molecular flexibility index (Phi) is 6.30. The second-order valence-corrected chi connectivity index (χ2v) is 9.07. The van der Waals surface area contributed by atoms with E-state index in [-0.39, 0.29) is 17.0 Å². The van der Waals surface area contributed by atoms with Crippen LogP contribution in [-0.2, 0) is 19.6 Å². The van der Waals surface area contributed by atoms with E-state index >= 15 is 0 Å². The summed E-state index contributed by atoms with van der Waals surface area (Å²) in [6.07, 6.45) is -1.20. The molecule has 0 aromatic heterocycles. The van der Waals surface area contributed by atoms with Crippen LogP contribution < -0.4 is 9.62 Å². The van der Waals surface area contributed by atoms with Crippen LogP contribution >= 0.6 is 0 Å². The van der Waals surface area contributed by atoms with Gasteiger partial charge < -0.3 is 10.1 Å². The summed E-state index contributed by atoms with van der Waals surface area (Å²) in [5.74, 6) is -1.51. The number of hydrogen-bond donors (Lipinski definition) is 1. The van der Waals surface area contributed by atoms with Crippen LogP contribution in [0.4, 0.5) is 10.5 Å². The molecular formula is C21H23N3O6S. The molecule has 1 atom stereocenters. The number of nitrogens with zero attached hydrogens (tertiary/aromatic N) is 2. The average Bonchev–Trinajstić information content (AvgIpc) is 3.19. The third-order valence-electron chi connectivity index (χ3n) is 4.88. The van der Waals surface area contributed by atoms with Crippen LogP contribution in [0.3, 0.4) is 0 Å². The fourth-order valence-electron chi connectivity index (χ4n) is 3.02. The monoisotopic (exact) mass is 445 g/mol. The number of aryl methyl sites for hydroxylation is 1. The lowest BCUT2D eigenvalue weighted by molar-refractivity contribution is -0.136. The SMILES string of the molecule is Cc1ccc(N(C)S(=O)(=O)c2cccc(C(=O)OC(C)C(=O)N3CCNC3=O)c2)cc1. The van der Waals surface area contributed by atoms with E-state index in [1.807, 2.05) is 6.92 Å². The van der Waals surface area contributed by atoms with E-state index in [1.54, 1.807) is 24.3 Å². The van der Waals surface area contributed by atoms with Crippen molar-refractivity contribution >= 4 is 33.6 Å². The Hall–Kier alpha value is -3.40. The van der Waals surface area contributed by atoms with Gasteiger partial charge in [-0.25, -0.2) is 18.0 Å². The van der Waals surface area contributed by atoms with Gasteiger partial charge >= 0.3 is 12.0 Å². The molecule has 31 heavy (non-hydrogen) atoms. The normalized spacial score (nSPS) is 14.7. The van der Waals surface area contributed by atoms with Crippen molar-refractivity contribution in [1.29, 1.82) is 0 Å². The van der Waals surface area contributed by atoms with Crippen molar-refractivity contribution in [3.63, 3.8) is 0 Å². The molecule has 2 aromatic carbocycles. The molecule has 1 fully saturated rings. The molecule has 1 unspecified atom stereocenters. The lowest BCUT2D eigenvalue weighted by Gasteiger charge is -2.20. The Morgan fingerprint density at radius 1 is 1.16 bits per heavy atom. The van der Waals surface area contributed by atoms with Gasteiger partial charge in [0.25, 0.3) is 15.9 Å². The van der Waals surface area contributed by atoms with Crippen molar-refractivity contribution in [3.05, 3.63) is 59.7 Å². The van der Waals surface area contributed by atoms with Crippen molar-refractivity contribution in [1.82, 2.24) is 10.2 Å². The second-order valence-electron chi connectivity index (χ2n) is 7.11. The predicted molar refractivity (Wildman–Crippen MR) is 113 cm³/mol. The summed E-state index contributed by atoms with van der Waals surface area (Å²) >= 11 is 0. The number of sulfonamides is 1. The molecule has 1 aliphatic heterocycles. The zero-order valence-electron chi connectivity index (χ0n) is 17.4. The zero-order valence-corrected chi connectivity index (χ0v) is 18.2. The first-order valence-corrected chi connectivity index (χ1v) is 11.0. The maximum absolute atomic E-state index is 13.0. The van der Waals surface area contributed by atoms with E-state index in [0.717, 1.165) is 14.8 Å². The van der Waals surface area contributed by atoms with E-state index < -0.39 is 34.0 Å². The van der Waals surface area contributed by atoms with Gasteiger partial charge in [-0.15, -0.1) is 0 Å². The predicted octanol–water partition coefficient (Wildman–Crippen LogP) is 1.92. The van der Waals surface area contributed by atoms with E-state index in [9.17, 15) is 22.8 Å². The van der Waals surface area contributed by atoms with E-state index in [2.05, 4.69) is 5.32 Å². The largest absolute Gasteiger partial charge is 0.449 e. The molecule has 1 saturated heterocycles. The number of benzene rings is 2. The van der Waals surface area contributed by atoms with Crippen LogP contribution in [0.5, 0.6) is 0 Å². The van der Waals surface area contributed by atoms with Gasteiger partial charge in [-0.05, 0) is 44.2 Å². The first-order valence-electron chi connectivity index (χ1n) is 9.57. The highest BCUT2D eigenvalue weighted by Crippen LogP contribution is 2.23. The summed E-state index contributed by atoms with van der Waals surface area (Å²) in [4.78, 5) is 37.3. The Morgan fingerprint density at radius 3 is 2.45 bits per heavy atom. The van der Waals surface area contributed by atoms with E-state index in [0.29, 0.717) is 12.2 Å². The van der Waals surface area contributed by atoms with Crippen molar-refractivity contribution in [2.45, 2.75) is 24.8 Å². The summed E-state index contributed by atoms with van der Waals surface area (Å²) in [6.45, 7) is 3.78. The molecule has 1 aliphatic rings. The van der Waals surface area contributed by atoms with Crippen LogP contribution in [0.25, 0.3) is 0 Å². The first kappa shape index (κ1) is 22.3. The minimum Gasteiger partial charge on any atom is -0.449 e.